The van der Waals surface area contributed by atoms with Crippen LogP contribution in [0.4, 0.5) is 4.39 Å². The Balaban J connectivity index is 1.32. The van der Waals surface area contributed by atoms with Gasteiger partial charge >= 0.3 is 0 Å². The molecule has 150 valence electrons. The summed E-state index contributed by atoms with van der Waals surface area (Å²) in [6.45, 7) is 0. The van der Waals surface area contributed by atoms with Gasteiger partial charge in [-0.15, -0.1) is 11.3 Å². The molecule has 2 amide bonds. The summed E-state index contributed by atoms with van der Waals surface area (Å²) in [4.78, 5) is 28.8. The van der Waals surface area contributed by atoms with Crippen molar-refractivity contribution in [2.45, 2.75) is 10.1 Å². The number of para-hydroxylation sites is 1. The monoisotopic (exact) mass is 437 g/mol. The molecule has 1 aromatic heterocycles. The molecule has 0 aliphatic rings. The van der Waals surface area contributed by atoms with Gasteiger partial charge in [0.25, 0.3) is 11.8 Å². The lowest BCUT2D eigenvalue weighted by molar-refractivity contribution is 0.0844. The summed E-state index contributed by atoms with van der Waals surface area (Å²) in [5.41, 5.74) is 6.81. The van der Waals surface area contributed by atoms with Crippen molar-refractivity contribution in [3.05, 3.63) is 95.3 Å². The van der Waals surface area contributed by atoms with Crippen LogP contribution in [0, 0.1) is 5.82 Å². The highest BCUT2D eigenvalue weighted by molar-refractivity contribution is 8.00. The number of aromatic nitrogens is 1. The first-order valence-electron chi connectivity index (χ1n) is 9.03. The van der Waals surface area contributed by atoms with Crippen LogP contribution in [0.25, 0.3) is 10.2 Å². The number of benzene rings is 3. The van der Waals surface area contributed by atoms with Gasteiger partial charge in [-0.2, -0.15) is 0 Å². The number of carbonyl (C=O) groups excluding carboxylic acids is 2. The molecule has 1 heterocycles. The van der Waals surface area contributed by atoms with Gasteiger partial charge in [0, 0.05) is 11.3 Å². The van der Waals surface area contributed by atoms with Gasteiger partial charge in [0.1, 0.15) is 5.82 Å². The van der Waals surface area contributed by atoms with Crippen LogP contribution in [0.5, 0.6) is 0 Å². The fourth-order valence-corrected chi connectivity index (χ4v) is 4.73. The van der Waals surface area contributed by atoms with Gasteiger partial charge in [-0.3, -0.25) is 20.4 Å². The molecule has 3 aromatic carbocycles. The normalized spacial score (nSPS) is 10.7. The molecule has 0 saturated heterocycles. The van der Waals surface area contributed by atoms with Gasteiger partial charge in [-0.25, -0.2) is 9.37 Å². The lowest BCUT2D eigenvalue weighted by Crippen LogP contribution is -2.41. The number of thioether (sulfide) groups is 1. The maximum Gasteiger partial charge on any atom is 0.272 e. The highest BCUT2D eigenvalue weighted by Gasteiger charge is 2.12. The second-order valence-electron chi connectivity index (χ2n) is 6.32. The van der Waals surface area contributed by atoms with E-state index in [0.29, 0.717) is 5.56 Å². The van der Waals surface area contributed by atoms with Gasteiger partial charge in [-0.05, 0) is 42.0 Å². The zero-order chi connectivity index (χ0) is 20.9. The molecule has 0 radical (unpaired) electrons. The van der Waals surface area contributed by atoms with E-state index in [-0.39, 0.29) is 5.56 Å². The predicted octanol–water partition coefficient (Wildman–Crippen LogP) is 4.80. The van der Waals surface area contributed by atoms with Gasteiger partial charge in [0.05, 0.1) is 15.8 Å². The number of hydrazine groups is 1. The molecule has 0 aliphatic carbocycles. The first kappa shape index (κ1) is 20.1. The summed E-state index contributed by atoms with van der Waals surface area (Å²) in [5, 5.41) is 0. The number of nitrogens with zero attached hydrogens (tertiary/aromatic N) is 1. The molecule has 0 fully saturated rings. The van der Waals surface area contributed by atoms with E-state index in [9.17, 15) is 14.0 Å². The van der Waals surface area contributed by atoms with Gasteiger partial charge < -0.3 is 0 Å². The molecule has 0 unspecified atom stereocenters. The molecule has 0 aliphatic heterocycles. The van der Waals surface area contributed by atoms with Crippen LogP contribution in [0.1, 0.15) is 26.3 Å². The van der Waals surface area contributed by atoms with Crippen molar-refractivity contribution >= 4 is 45.1 Å². The summed E-state index contributed by atoms with van der Waals surface area (Å²) >= 11 is 3.29. The number of halogens is 1. The van der Waals surface area contributed by atoms with E-state index in [0.717, 1.165) is 25.9 Å². The standard InChI is InChI=1S/C22H16FN3O2S2/c23-17-6-2-1-5-16(17)21(28)26-25-20(27)15-11-9-14(10-12-15)13-29-22-24-18-7-3-4-8-19(18)30-22/h1-12H,13H2,(H,25,27)(H,26,28). The van der Waals surface area contributed by atoms with E-state index >= 15 is 0 Å². The van der Waals surface area contributed by atoms with E-state index in [4.69, 9.17) is 0 Å². The van der Waals surface area contributed by atoms with Crippen LogP contribution in [-0.4, -0.2) is 16.8 Å². The summed E-state index contributed by atoms with van der Waals surface area (Å²) in [7, 11) is 0. The maximum atomic E-state index is 13.6. The minimum Gasteiger partial charge on any atom is -0.267 e. The number of fused-ring (bicyclic) bond motifs is 1. The van der Waals surface area contributed by atoms with Crippen molar-refractivity contribution in [1.29, 1.82) is 0 Å². The van der Waals surface area contributed by atoms with Gasteiger partial charge in [-0.1, -0.05) is 48.2 Å². The van der Waals surface area contributed by atoms with Crippen LogP contribution < -0.4 is 10.9 Å². The van der Waals surface area contributed by atoms with Gasteiger partial charge in [0.15, 0.2) is 4.34 Å². The van der Waals surface area contributed by atoms with E-state index < -0.39 is 17.6 Å². The molecule has 0 spiro atoms. The first-order valence-corrected chi connectivity index (χ1v) is 10.8. The Kier molecular flexibility index (Phi) is 6.06. The minimum absolute atomic E-state index is 0.139. The van der Waals surface area contributed by atoms with Crippen LogP contribution in [0.3, 0.4) is 0 Å². The summed E-state index contributed by atoms with van der Waals surface area (Å²) in [6.07, 6.45) is 0. The predicted molar refractivity (Wildman–Crippen MR) is 117 cm³/mol. The molecular formula is C22H16FN3O2S2. The Hall–Kier alpha value is -3.23. The fraction of sp³-hybridized carbons (Fsp3) is 0.0455. The highest BCUT2D eigenvalue weighted by Crippen LogP contribution is 2.31. The molecule has 0 atom stereocenters. The van der Waals surface area contributed by atoms with Crippen LogP contribution >= 0.6 is 23.1 Å². The van der Waals surface area contributed by atoms with Crippen LogP contribution in [0.2, 0.25) is 0 Å². The quantitative estimate of drug-likeness (QED) is 0.347. The fourth-order valence-electron chi connectivity index (χ4n) is 2.71. The number of hydrogen-bond acceptors (Lipinski definition) is 5. The second-order valence-corrected chi connectivity index (χ2v) is 8.57. The third kappa shape index (κ3) is 4.67. The summed E-state index contributed by atoms with van der Waals surface area (Å²) < 4.78 is 15.8. The number of hydrogen-bond donors (Lipinski definition) is 2. The van der Waals surface area contributed by atoms with Crippen LogP contribution in [-0.2, 0) is 5.75 Å². The lowest BCUT2D eigenvalue weighted by atomic mass is 10.1. The van der Waals surface area contributed by atoms with Crippen molar-refractivity contribution in [2.24, 2.45) is 0 Å². The molecule has 4 aromatic rings. The maximum absolute atomic E-state index is 13.6. The molecule has 0 saturated carbocycles. The van der Waals surface area contributed by atoms with Crippen molar-refractivity contribution in [2.75, 3.05) is 0 Å². The molecule has 8 heteroatoms. The molecular weight excluding hydrogens is 421 g/mol. The van der Waals surface area contributed by atoms with Crippen molar-refractivity contribution in [3.8, 4) is 0 Å². The molecule has 0 bridgehead atoms. The third-order valence-corrected chi connectivity index (χ3v) is 6.51. The molecule has 30 heavy (non-hydrogen) atoms. The summed E-state index contributed by atoms with van der Waals surface area (Å²) in [5.74, 6) is -1.12. The molecule has 5 nitrogen and oxygen atoms in total. The average Bonchev–Trinajstić information content (AvgIpc) is 3.19. The lowest BCUT2D eigenvalue weighted by Gasteiger charge is -2.08. The Labute approximate surface area is 180 Å². The van der Waals surface area contributed by atoms with E-state index in [2.05, 4.69) is 21.9 Å². The Morgan fingerprint density at radius 3 is 2.37 bits per heavy atom. The topological polar surface area (TPSA) is 71.1 Å². The van der Waals surface area contributed by atoms with Crippen molar-refractivity contribution in [1.82, 2.24) is 15.8 Å². The second kappa shape index (κ2) is 9.06. The zero-order valence-corrected chi connectivity index (χ0v) is 17.2. The smallest absolute Gasteiger partial charge is 0.267 e. The Morgan fingerprint density at radius 2 is 1.60 bits per heavy atom. The third-order valence-electron chi connectivity index (χ3n) is 4.26. The Morgan fingerprint density at radius 1 is 0.900 bits per heavy atom. The number of thiazole rings is 1. The zero-order valence-electron chi connectivity index (χ0n) is 15.6. The van der Waals surface area contributed by atoms with Crippen LogP contribution in [0.15, 0.2) is 77.1 Å². The van der Waals surface area contributed by atoms with Crippen molar-refractivity contribution in [3.63, 3.8) is 0 Å². The van der Waals surface area contributed by atoms with E-state index in [1.165, 1.54) is 18.2 Å². The minimum atomic E-state index is -0.717. The highest BCUT2D eigenvalue weighted by atomic mass is 32.2. The average molecular weight is 438 g/mol. The van der Waals surface area contributed by atoms with Gasteiger partial charge in [0.2, 0.25) is 0 Å². The van der Waals surface area contributed by atoms with Crippen molar-refractivity contribution < 1.29 is 14.0 Å². The van der Waals surface area contributed by atoms with E-state index in [1.54, 1.807) is 41.3 Å². The number of carbonyl (C=O) groups is 2. The number of nitrogens with one attached hydrogen (secondary N) is 2. The first-order chi connectivity index (χ1) is 14.6. The molecule has 2 N–H and O–H groups in total. The van der Waals surface area contributed by atoms with E-state index in [1.807, 2.05) is 30.3 Å². The largest absolute Gasteiger partial charge is 0.272 e. The Bertz CT molecular complexity index is 1180. The number of rotatable bonds is 5. The molecule has 4 rings (SSSR count). The summed E-state index contributed by atoms with van der Waals surface area (Å²) in [6, 6.07) is 20.6. The SMILES string of the molecule is O=C(NNC(=O)c1ccccc1F)c1ccc(CSc2nc3ccccc3s2)cc1. The number of amides is 2.